The maximum Gasteiger partial charge on any atom is 0.312 e. The number of benzene rings is 1. The predicted molar refractivity (Wildman–Crippen MR) is 102 cm³/mol. The summed E-state index contributed by atoms with van der Waals surface area (Å²) in [6, 6.07) is 10.1. The molecule has 0 bridgehead atoms. The number of likely N-dealkylation sites (tertiary alicyclic amines) is 1. The highest BCUT2D eigenvalue weighted by Crippen LogP contribution is 2.26. The Bertz CT molecular complexity index is 788. The molecule has 1 saturated heterocycles. The molecule has 1 fully saturated rings. The minimum Gasteiger partial charge on any atom is -0.352 e. The van der Waals surface area contributed by atoms with E-state index in [-0.39, 0.29) is 11.8 Å². The number of urea groups is 1. The van der Waals surface area contributed by atoms with Crippen LogP contribution in [-0.4, -0.2) is 45.9 Å². The molecule has 1 unspecified atom stereocenters. The van der Waals surface area contributed by atoms with E-state index in [1.165, 1.54) is 0 Å². The van der Waals surface area contributed by atoms with E-state index < -0.39 is 12.1 Å². The average Bonchev–Trinajstić information content (AvgIpc) is 2.67. The average molecular weight is 367 g/mol. The third-order valence-corrected chi connectivity index (χ3v) is 4.88. The smallest absolute Gasteiger partial charge is 0.312 e. The Morgan fingerprint density at radius 3 is 2.56 bits per heavy atom. The summed E-state index contributed by atoms with van der Waals surface area (Å²) in [6.45, 7) is 3.19. The number of nitrogens with zero attached hydrogens (tertiary/aromatic N) is 3. The standard InChI is InChI=1S/C20H25N5O2/c1-14-7-10-22-18(23-14)16-8-11-25(12-9-16)19(26)17(24-20(21)27)13-15-5-3-2-4-6-15/h2-7,10,16-17H,8-9,11-13H2,1H3,(H3,21,24,27). The summed E-state index contributed by atoms with van der Waals surface area (Å²) in [7, 11) is 0. The first-order valence-electron chi connectivity index (χ1n) is 9.21. The van der Waals surface area contributed by atoms with Gasteiger partial charge in [-0.3, -0.25) is 4.79 Å². The van der Waals surface area contributed by atoms with E-state index in [0.717, 1.165) is 29.9 Å². The highest BCUT2D eigenvalue weighted by Gasteiger charge is 2.30. The first-order chi connectivity index (χ1) is 13.0. The molecule has 1 aliphatic heterocycles. The van der Waals surface area contributed by atoms with Crippen molar-refractivity contribution in [1.82, 2.24) is 20.2 Å². The molecule has 7 heteroatoms. The number of piperidine rings is 1. The Kier molecular flexibility index (Phi) is 6.01. The van der Waals surface area contributed by atoms with Gasteiger partial charge in [-0.15, -0.1) is 0 Å². The van der Waals surface area contributed by atoms with Crippen LogP contribution in [0.5, 0.6) is 0 Å². The number of nitrogens with two attached hydrogens (primary N) is 1. The number of carbonyl (C=O) groups is 2. The Morgan fingerprint density at radius 1 is 1.22 bits per heavy atom. The zero-order valence-electron chi connectivity index (χ0n) is 15.5. The van der Waals surface area contributed by atoms with Crippen LogP contribution in [-0.2, 0) is 11.2 Å². The van der Waals surface area contributed by atoms with Crippen LogP contribution < -0.4 is 11.1 Å². The van der Waals surface area contributed by atoms with Gasteiger partial charge in [0.05, 0.1) is 0 Å². The molecule has 1 aromatic heterocycles. The largest absolute Gasteiger partial charge is 0.352 e. The summed E-state index contributed by atoms with van der Waals surface area (Å²) in [5.41, 5.74) is 7.22. The molecular formula is C20H25N5O2. The minimum atomic E-state index is -0.688. The number of hydrogen-bond acceptors (Lipinski definition) is 4. The second-order valence-electron chi connectivity index (χ2n) is 6.91. The number of rotatable bonds is 5. The maximum atomic E-state index is 13.0. The van der Waals surface area contributed by atoms with Crippen molar-refractivity contribution < 1.29 is 9.59 Å². The predicted octanol–water partition coefficient (Wildman–Crippen LogP) is 1.77. The molecule has 0 radical (unpaired) electrons. The summed E-state index contributed by atoms with van der Waals surface area (Å²) < 4.78 is 0. The quantitative estimate of drug-likeness (QED) is 0.841. The monoisotopic (exact) mass is 367 g/mol. The number of hydrogen-bond donors (Lipinski definition) is 2. The molecule has 1 aliphatic rings. The molecule has 3 N–H and O–H groups in total. The fourth-order valence-electron chi connectivity index (χ4n) is 3.47. The van der Waals surface area contributed by atoms with E-state index in [2.05, 4.69) is 15.3 Å². The second-order valence-corrected chi connectivity index (χ2v) is 6.91. The van der Waals surface area contributed by atoms with Crippen molar-refractivity contribution in [3.63, 3.8) is 0 Å². The lowest BCUT2D eigenvalue weighted by Crippen LogP contribution is -2.52. The summed E-state index contributed by atoms with van der Waals surface area (Å²) in [5.74, 6) is 1.00. The lowest BCUT2D eigenvalue weighted by molar-refractivity contribution is -0.134. The van der Waals surface area contributed by atoms with E-state index >= 15 is 0 Å². The van der Waals surface area contributed by atoms with Gasteiger partial charge in [0.1, 0.15) is 11.9 Å². The van der Waals surface area contributed by atoms with Crippen LogP contribution in [0.2, 0.25) is 0 Å². The van der Waals surface area contributed by atoms with Gasteiger partial charge in [0.15, 0.2) is 0 Å². The van der Waals surface area contributed by atoms with E-state index in [1.807, 2.05) is 43.3 Å². The van der Waals surface area contributed by atoms with Gasteiger partial charge in [-0.2, -0.15) is 0 Å². The number of nitrogens with one attached hydrogen (secondary N) is 1. The Morgan fingerprint density at radius 2 is 1.93 bits per heavy atom. The van der Waals surface area contributed by atoms with Gasteiger partial charge < -0.3 is 16.0 Å². The van der Waals surface area contributed by atoms with Crippen molar-refractivity contribution in [1.29, 1.82) is 0 Å². The van der Waals surface area contributed by atoms with Crippen LogP contribution in [0.4, 0.5) is 4.79 Å². The summed E-state index contributed by atoms with van der Waals surface area (Å²) in [6.07, 6.45) is 3.82. The van der Waals surface area contributed by atoms with Crippen molar-refractivity contribution in [2.45, 2.75) is 38.1 Å². The molecule has 0 saturated carbocycles. The molecule has 27 heavy (non-hydrogen) atoms. The van der Waals surface area contributed by atoms with Gasteiger partial charge in [0.25, 0.3) is 0 Å². The number of aromatic nitrogens is 2. The number of aryl methyl sites for hydroxylation is 1. The molecule has 2 heterocycles. The second kappa shape index (κ2) is 8.62. The van der Waals surface area contributed by atoms with E-state index in [4.69, 9.17) is 5.73 Å². The molecule has 7 nitrogen and oxygen atoms in total. The summed E-state index contributed by atoms with van der Waals surface area (Å²) in [5, 5.41) is 2.60. The fourth-order valence-corrected chi connectivity index (χ4v) is 3.47. The van der Waals surface area contributed by atoms with Gasteiger partial charge in [-0.05, 0) is 31.4 Å². The van der Waals surface area contributed by atoms with Crippen molar-refractivity contribution in [2.24, 2.45) is 5.73 Å². The van der Waals surface area contributed by atoms with Crippen molar-refractivity contribution >= 4 is 11.9 Å². The number of amides is 3. The van der Waals surface area contributed by atoms with E-state index in [1.54, 1.807) is 11.1 Å². The van der Waals surface area contributed by atoms with Gasteiger partial charge in [-0.1, -0.05) is 30.3 Å². The summed E-state index contributed by atoms with van der Waals surface area (Å²) >= 11 is 0. The zero-order valence-corrected chi connectivity index (χ0v) is 15.5. The topological polar surface area (TPSA) is 101 Å². The fraction of sp³-hybridized carbons (Fsp3) is 0.400. The molecule has 1 atom stereocenters. The van der Waals surface area contributed by atoms with Crippen LogP contribution in [0.1, 0.15) is 35.8 Å². The van der Waals surface area contributed by atoms with Crippen molar-refractivity contribution in [2.75, 3.05) is 13.1 Å². The van der Waals surface area contributed by atoms with Crippen LogP contribution in [0.3, 0.4) is 0 Å². The van der Waals surface area contributed by atoms with E-state index in [0.29, 0.717) is 19.5 Å². The lowest BCUT2D eigenvalue weighted by Gasteiger charge is -2.33. The Hall–Kier alpha value is -2.96. The zero-order chi connectivity index (χ0) is 19.2. The number of primary amides is 1. The van der Waals surface area contributed by atoms with Crippen molar-refractivity contribution in [3.05, 3.63) is 59.7 Å². The van der Waals surface area contributed by atoms with Crippen LogP contribution in [0.15, 0.2) is 42.6 Å². The van der Waals surface area contributed by atoms with Crippen LogP contribution in [0.25, 0.3) is 0 Å². The normalized spacial score (nSPS) is 16.0. The molecule has 0 aliphatic carbocycles. The summed E-state index contributed by atoms with van der Waals surface area (Å²) in [4.78, 5) is 35.0. The van der Waals surface area contributed by atoms with Crippen LogP contribution in [0, 0.1) is 6.92 Å². The van der Waals surface area contributed by atoms with Gasteiger partial charge >= 0.3 is 6.03 Å². The first-order valence-corrected chi connectivity index (χ1v) is 9.21. The molecule has 3 rings (SSSR count). The molecule has 3 amide bonds. The minimum absolute atomic E-state index is 0.0961. The van der Waals surface area contributed by atoms with Gasteiger partial charge in [0.2, 0.25) is 5.91 Å². The molecular weight excluding hydrogens is 342 g/mol. The van der Waals surface area contributed by atoms with Crippen molar-refractivity contribution in [3.8, 4) is 0 Å². The van der Waals surface area contributed by atoms with Crippen LogP contribution >= 0.6 is 0 Å². The third-order valence-electron chi connectivity index (χ3n) is 4.88. The third kappa shape index (κ3) is 5.03. The molecule has 142 valence electrons. The first kappa shape index (κ1) is 18.8. The highest BCUT2D eigenvalue weighted by molar-refractivity contribution is 5.87. The number of carbonyl (C=O) groups excluding carboxylic acids is 2. The maximum absolute atomic E-state index is 13.0. The SMILES string of the molecule is Cc1ccnc(C2CCN(C(=O)C(Cc3ccccc3)NC(N)=O)CC2)n1. The molecule has 1 aromatic carbocycles. The lowest BCUT2D eigenvalue weighted by atomic mass is 9.94. The Balaban J connectivity index is 1.63. The molecule has 2 aromatic rings. The van der Waals surface area contributed by atoms with Gasteiger partial charge in [-0.25, -0.2) is 14.8 Å². The van der Waals surface area contributed by atoms with E-state index in [9.17, 15) is 9.59 Å². The molecule has 0 spiro atoms. The Labute approximate surface area is 159 Å². The van der Waals surface area contributed by atoms with Gasteiger partial charge in [0, 0.05) is 37.3 Å². The highest BCUT2D eigenvalue weighted by atomic mass is 16.2.